The Labute approximate surface area is 133 Å². The summed E-state index contributed by atoms with van der Waals surface area (Å²) in [6.07, 6.45) is 13.0. The number of hydrogen-bond acceptors (Lipinski definition) is 4. The molecule has 1 atom stereocenters. The number of amides is 1. The molecule has 0 aromatic rings. The zero-order valence-electron chi connectivity index (χ0n) is 13.7. The van der Waals surface area contributed by atoms with Crippen LogP contribution in [-0.4, -0.2) is 42.1 Å². The number of rotatable bonds is 9. The fourth-order valence-corrected chi connectivity index (χ4v) is 3.23. The van der Waals surface area contributed by atoms with E-state index in [4.69, 9.17) is 6.42 Å². The lowest BCUT2D eigenvalue weighted by Gasteiger charge is -2.35. The van der Waals surface area contributed by atoms with Crippen molar-refractivity contribution in [3.05, 3.63) is 0 Å². The SMILES string of the molecule is C#CCCC1(CCC(=O)NCCN2CCCCC2CC)N=N1. The lowest BCUT2D eigenvalue weighted by atomic mass is 10.0. The van der Waals surface area contributed by atoms with Gasteiger partial charge in [-0.05, 0) is 25.8 Å². The number of nitrogens with zero attached hydrogens (tertiary/aromatic N) is 3. The highest BCUT2D eigenvalue weighted by molar-refractivity contribution is 5.75. The van der Waals surface area contributed by atoms with Crippen molar-refractivity contribution in [2.45, 2.75) is 70.0 Å². The first-order chi connectivity index (χ1) is 10.7. The highest BCUT2D eigenvalue weighted by Gasteiger charge is 2.39. The standard InChI is InChI=1S/C17H28N4O/c1-3-5-10-17(19-20-17)11-9-16(22)18-12-14-21-13-7-6-8-15(21)4-2/h1,15H,4-14H2,2H3,(H,18,22). The third kappa shape index (κ3) is 5.10. The molecule has 1 fully saturated rings. The largest absolute Gasteiger partial charge is 0.355 e. The van der Waals surface area contributed by atoms with E-state index in [0.29, 0.717) is 25.3 Å². The molecule has 0 spiro atoms. The molecular weight excluding hydrogens is 276 g/mol. The molecule has 0 aromatic carbocycles. The molecule has 5 nitrogen and oxygen atoms in total. The van der Waals surface area contributed by atoms with Gasteiger partial charge in [-0.3, -0.25) is 9.69 Å². The molecule has 1 unspecified atom stereocenters. The van der Waals surface area contributed by atoms with Gasteiger partial charge in [0.25, 0.3) is 0 Å². The van der Waals surface area contributed by atoms with Crippen molar-refractivity contribution < 1.29 is 4.79 Å². The highest BCUT2D eigenvalue weighted by Crippen LogP contribution is 2.37. The van der Waals surface area contributed by atoms with Gasteiger partial charge in [0, 0.05) is 44.8 Å². The summed E-state index contributed by atoms with van der Waals surface area (Å²) in [5, 5.41) is 11.1. The number of likely N-dealkylation sites (tertiary alicyclic amines) is 1. The summed E-state index contributed by atoms with van der Waals surface area (Å²) in [5.74, 6) is 2.71. The Kier molecular flexibility index (Phi) is 6.38. The smallest absolute Gasteiger partial charge is 0.220 e. The van der Waals surface area contributed by atoms with Gasteiger partial charge in [0.05, 0.1) is 0 Å². The lowest BCUT2D eigenvalue weighted by Crippen LogP contribution is -2.43. The zero-order valence-corrected chi connectivity index (χ0v) is 13.7. The van der Waals surface area contributed by atoms with Crippen molar-refractivity contribution >= 4 is 5.91 Å². The van der Waals surface area contributed by atoms with Crippen LogP contribution in [0.25, 0.3) is 0 Å². The average Bonchev–Trinajstić information content (AvgIpc) is 3.32. The number of hydrogen-bond donors (Lipinski definition) is 1. The molecule has 1 N–H and O–H groups in total. The summed E-state index contributed by atoms with van der Waals surface area (Å²) >= 11 is 0. The van der Waals surface area contributed by atoms with Gasteiger partial charge in [-0.1, -0.05) is 13.3 Å². The van der Waals surface area contributed by atoms with Gasteiger partial charge in [-0.15, -0.1) is 12.3 Å². The van der Waals surface area contributed by atoms with E-state index in [-0.39, 0.29) is 11.6 Å². The fourth-order valence-electron chi connectivity index (χ4n) is 3.23. The van der Waals surface area contributed by atoms with Crippen LogP contribution in [0.4, 0.5) is 0 Å². The van der Waals surface area contributed by atoms with Gasteiger partial charge in [-0.2, -0.15) is 10.2 Å². The van der Waals surface area contributed by atoms with Gasteiger partial charge in [0.15, 0.2) is 5.66 Å². The number of terminal acetylenes is 1. The quantitative estimate of drug-likeness (QED) is 0.666. The molecule has 1 amide bonds. The van der Waals surface area contributed by atoms with Crippen LogP contribution >= 0.6 is 0 Å². The number of carbonyl (C=O) groups excluding carboxylic acids is 1. The van der Waals surface area contributed by atoms with Crippen LogP contribution in [0.1, 0.15) is 58.3 Å². The van der Waals surface area contributed by atoms with Gasteiger partial charge >= 0.3 is 0 Å². The Morgan fingerprint density at radius 2 is 2.23 bits per heavy atom. The minimum Gasteiger partial charge on any atom is -0.355 e. The van der Waals surface area contributed by atoms with Gasteiger partial charge in [-0.25, -0.2) is 0 Å². The second-order valence-electron chi connectivity index (χ2n) is 6.33. The zero-order chi connectivity index (χ0) is 15.8. The molecule has 0 aromatic heterocycles. The van der Waals surface area contributed by atoms with E-state index in [1.165, 1.54) is 32.2 Å². The highest BCUT2D eigenvalue weighted by atomic mass is 16.1. The minimum atomic E-state index is -0.343. The Bertz CT molecular complexity index is 434. The number of carbonyl (C=O) groups is 1. The molecule has 2 rings (SSSR count). The first kappa shape index (κ1) is 17.0. The second kappa shape index (κ2) is 8.28. The van der Waals surface area contributed by atoms with E-state index < -0.39 is 0 Å². The minimum absolute atomic E-state index is 0.0995. The Balaban J connectivity index is 1.59. The van der Waals surface area contributed by atoms with E-state index in [9.17, 15) is 4.79 Å². The van der Waals surface area contributed by atoms with Crippen molar-refractivity contribution in [2.24, 2.45) is 10.2 Å². The van der Waals surface area contributed by atoms with Crippen molar-refractivity contribution in [3.8, 4) is 12.3 Å². The lowest BCUT2D eigenvalue weighted by molar-refractivity contribution is -0.121. The van der Waals surface area contributed by atoms with E-state index in [0.717, 1.165) is 19.5 Å². The topological polar surface area (TPSA) is 57.1 Å². The molecule has 0 saturated carbocycles. The Morgan fingerprint density at radius 3 is 2.91 bits per heavy atom. The Morgan fingerprint density at radius 1 is 1.41 bits per heavy atom. The Hall–Kier alpha value is -1.41. The number of piperidine rings is 1. The molecule has 2 heterocycles. The molecule has 0 radical (unpaired) electrons. The van der Waals surface area contributed by atoms with Crippen molar-refractivity contribution in [1.29, 1.82) is 0 Å². The molecule has 1 saturated heterocycles. The van der Waals surface area contributed by atoms with E-state index in [1.807, 2.05) is 0 Å². The predicted molar refractivity (Wildman–Crippen MR) is 87.4 cm³/mol. The van der Waals surface area contributed by atoms with Crippen molar-refractivity contribution in [2.75, 3.05) is 19.6 Å². The summed E-state index contributed by atoms with van der Waals surface area (Å²) in [5.41, 5.74) is -0.343. The monoisotopic (exact) mass is 304 g/mol. The van der Waals surface area contributed by atoms with Crippen LogP contribution in [0.5, 0.6) is 0 Å². The second-order valence-corrected chi connectivity index (χ2v) is 6.33. The molecule has 0 aliphatic carbocycles. The molecule has 122 valence electrons. The van der Waals surface area contributed by atoms with Gasteiger partial charge < -0.3 is 5.32 Å². The van der Waals surface area contributed by atoms with Gasteiger partial charge in [0.2, 0.25) is 5.91 Å². The number of nitrogens with one attached hydrogen (secondary N) is 1. The first-order valence-corrected chi connectivity index (χ1v) is 8.57. The van der Waals surface area contributed by atoms with E-state index in [1.54, 1.807) is 0 Å². The third-order valence-corrected chi connectivity index (χ3v) is 4.75. The van der Waals surface area contributed by atoms with Crippen molar-refractivity contribution in [3.63, 3.8) is 0 Å². The maximum Gasteiger partial charge on any atom is 0.220 e. The molecule has 0 bridgehead atoms. The summed E-state index contributed by atoms with van der Waals surface area (Å²) in [6, 6.07) is 0.696. The fraction of sp³-hybridized carbons (Fsp3) is 0.824. The van der Waals surface area contributed by atoms with Crippen LogP contribution in [-0.2, 0) is 4.79 Å². The van der Waals surface area contributed by atoms with E-state index >= 15 is 0 Å². The molecule has 5 heteroatoms. The molecule has 2 aliphatic heterocycles. The summed E-state index contributed by atoms with van der Waals surface area (Å²) < 4.78 is 0. The van der Waals surface area contributed by atoms with Crippen LogP contribution < -0.4 is 5.32 Å². The van der Waals surface area contributed by atoms with Crippen LogP contribution in [0.15, 0.2) is 10.2 Å². The predicted octanol–water partition coefficient (Wildman–Crippen LogP) is 2.72. The maximum absolute atomic E-state index is 11.9. The van der Waals surface area contributed by atoms with Crippen LogP contribution in [0.3, 0.4) is 0 Å². The molecular formula is C17H28N4O. The maximum atomic E-state index is 11.9. The third-order valence-electron chi connectivity index (χ3n) is 4.75. The van der Waals surface area contributed by atoms with Crippen LogP contribution in [0.2, 0.25) is 0 Å². The summed E-state index contributed by atoms with van der Waals surface area (Å²) in [7, 11) is 0. The van der Waals surface area contributed by atoms with Crippen LogP contribution in [0, 0.1) is 12.3 Å². The van der Waals surface area contributed by atoms with Gasteiger partial charge in [0.1, 0.15) is 0 Å². The average molecular weight is 304 g/mol. The normalized spacial score (nSPS) is 23.0. The summed E-state index contributed by atoms with van der Waals surface area (Å²) in [6.45, 7) is 5.11. The first-order valence-electron chi connectivity index (χ1n) is 8.57. The molecule has 2 aliphatic rings. The van der Waals surface area contributed by atoms with E-state index in [2.05, 4.69) is 33.3 Å². The summed E-state index contributed by atoms with van der Waals surface area (Å²) in [4.78, 5) is 14.4. The van der Waals surface area contributed by atoms with Crippen molar-refractivity contribution in [1.82, 2.24) is 10.2 Å². The molecule has 22 heavy (non-hydrogen) atoms.